The van der Waals surface area contributed by atoms with Crippen LogP contribution in [0.4, 0.5) is 5.95 Å². The Morgan fingerprint density at radius 1 is 1.00 bits per heavy atom. The smallest absolute Gasteiger partial charge is 0.254 e. The normalized spacial score (nSPS) is 18.2. The molecule has 37 heavy (non-hydrogen) atoms. The van der Waals surface area contributed by atoms with Gasteiger partial charge in [0.1, 0.15) is 0 Å². The molecule has 0 spiro atoms. The van der Waals surface area contributed by atoms with Gasteiger partial charge in [-0.2, -0.15) is 0 Å². The van der Waals surface area contributed by atoms with Crippen molar-refractivity contribution in [1.29, 1.82) is 0 Å². The van der Waals surface area contributed by atoms with Crippen molar-refractivity contribution in [3.63, 3.8) is 0 Å². The minimum Gasteiger partial charge on any atom is -0.352 e. The Kier molecular flexibility index (Phi) is 8.40. The number of amides is 1. The van der Waals surface area contributed by atoms with Crippen LogP contribution >= 0.6 is 11.6 Å². The van der Waals surface area contributed by atoms with E-state index in [2.05, 4.69) is 53.5 Å². The molecule has 5 rings (SSSR count). The Bertz CT molecular complexity index is 1210. The van der Waals surface area contributed by atoms with Crippen molar-refractivity contribution < 1.29 is 4.79 Å². The van der Waals surface area contributed by atoms with Crippen LogP contribution in [-0.4, -0.2) is 29.0 Å². The van der Waals surface area contributed by atoms with E-state index in [0.717, 1.165) is 43.1 Å². The molecule has 6 heteroatoms. The third-order valence-corrected chi connectivity index (χ3v) is 8.28. The highest BCUT2D eigenvalue weighted by Gasteiger charge is 2.29. The maximum Gasteiger partial charge on any atom is 0.254 e. The first kappa shape index (κ1) is 25.7. The molecule has 3 aromatic rings. The number of rotatable bonds is 8. The third kappa shape index (κ3) is 6.32. The molecule has 2 fully saturated rings. The number of carbonyl (C=O) groups is 1. The van der Waals surface area contributed by atoms with Crippen molar-refractivity contribution in [1.82, 2.24) is 15.3 Å². The Morgan fingerprint density at radius 3 is 2.57 bits per heavy atom. The van der Waals surface area contributed by atoms with Crippen LogP contribution in [-0.2, 0) is 12.8 Å². The molecule has 5 nitrogen and oxygen atoms in total. The first-order valence-corrected chi connectivity index (χ1v) is 14.2. The van der Waals surface area contributed by atoms with Crippen molar-refractivity contribution >= 4 is 23.5 Å². The van der Waals surface area contributed by atoms with Gasteiger partial charge in [-0.3, -0.25) is 4.79 Å². The van der Waals surface area contributed by atoms with Crippen molar-refractivity contribution in [2.75, 3.05) is 18.0 Å². The highest BCUT2D eigenvalue weighted by atomic mass is 35.5. The van der Waals surface area contributed by atoms with Crippen molar-refractivity contribution in [3.05, 3.63) is 87.7 Å². The largest absolute Gasteiger partial charge is 0.352 e. The van der Waals surface area contributed by atoms with Crippen molar-refractivity contribution in [2.24, 2.45) is 5.92 Å². The molecule has 1 saturated heterocycles. The summed E-state index contributed by atoms with van der Waals surface area (Å²) in [5.41, 5.74) is 5.21. The lowest BCUT2D eigenvalue weighted by Gasteiger charge is -2.26. The molecule has 1 amide bonds. The van der Waals surface area contributed by atoms with Crippen LogP contribution < -0.4 is 10.2 Å². The van der Waals surface area contributed by atoms with Crippen LogP contribution in [0.2, 0.25) is 5.02 Å². The van der Waals surface area contributed by atoms with Crippen LogP contribution in [0.5, 0.6) is 0 Å². The van der Waals surface area contributed by atoms with E-state index in [1.54, 1.807) is 6.20 Å². The van der Waals surface area contributed by atoms with Crippen molar-refractivity contribution in [2.45, 2.75) is 70.8 Å². The van der Waals surface area contributed by atoms with Crippen LogP contribution in [0.1, 0.15) is 83.7 Å². The van der Waals surface area contributed by atoms with Gasteiger partial charge in [0, 0.05) is 24.3 Å². The van der Waals surface area contributed by atoms with E-state index in [9.17, 15) is 4.79 Å². The van der Waals surface area contributed by atoms with E-state index in [0.29, 0.717) is 23.9 Å². The van der Waals surface area contributed by atoms with Gasteiger partial charge in [-0.15, -0.1) is 0 Å². The molecule has 1 aliphatic carbocycles. The predicted octanol–water partition coefficient (Wildman–Crippen LogP) is 6.88. The number of aryl methyl sites for hydroxylation is 3. The van der Waals surface area contributed by atoms with Gasteiger partial charge in [0.25, 0.3) is 5.91 Å². The molecule has 0 bridgehead atoms. The van der Waals surface area contributed by atoms with Gasteiger partial charge < -0.3 is 10.2 Å². The standard InChI is InChI=1S/C31H37ClN4O/c1-22-8-5-6-11-24(22)15-18-28-27(30(37)33-20-23-9-3-2-4-10-23)21-34-31(35-28)36-19-7-12-29(36)25-13-16-26(32)17-14-25/h5-6,8,11,13-14,16-17,21,23,29H,2-4,7,9-10,12,15,18-20H2,1H3,(H,33,37)/t29-/m0/s1. The quantitative estimate of drug-likeness (QED) is 0.354. The zero-order valence-electron chi connectivity index (χ0n) is 21.8. The number of anilines is 1. The predicted molar refractivity (Wildman–Crippen MR) is 150 cm³/mol. The average Bonchev–Trinajstić information content (AvgIpc) is 3.42. The summed E-state index contributed by atoms with van der Waals surface area (Å²) in [6.07, 6.45) is 11.7. The maximum absolute atomic E-state index is 13.3. The summed E-state index contributed by atoms with van der Waals surface area (Å²) in [6, 6.07) is 16.7. The number of halogens is 1. The van der Waals surface area contributed by atoms with E-state index in [-0.39, 0.29) is 11.9 Å². The van der Waals surface area contributed by atoms with Gasteiger partial charge >= 0.3 is 0 Å². The Hall–Kier alpha value is -2.92. The topological polar surface area (TPSA) is 58.1 Å². The molecule has 1 aromatic heterocycles. The molecule has 1 N–H and O–H groups in total. The summed E-state index contributed by atoms with van der Waals surface area (Å²) < 4.78 is 0. The fraction of sp³-hybridized carbons (Fsp3) is 0.452. The SMILES string of the molecule is Cc1ccccc1CCc1nc(N2CCC[C@H]2c2ccc(Cl)cc2)ncc1C(=O)NCC1CCCCC1. The number of carbonyl (C=O) groups excluding carboxylic acids is 1. The number of hydrogen-bond acceptors (Lipinski definition) is 4. The zero-order valence-corrected chi connectivity index (χ0v) is 22.5. The van der Waals surface area contributed by atoms with E-state index < -0.39 is 0 Å². The second kappa shape index (κ2) is 12.1. The number of hydrogen-bond donors (Lipinski definition) is 1. The second-order valence-corrected chi connectivity index (χ2v) is 11.0. The minimum absolute atomic E-state index is 0.0485. The van der Waals surface area contributed by atoms with E-state index in [4.69, 9.17) is 21.6 Å². The summed E-state index contributed by atoms with van der Waals surface area (Å²) in [7, 11) is 0. The maximum atomic E-state index is 13.3. The lowest BCUT2D eigenvalue weighted by Crippen LogP contribution is -2.32. The lowest BCUT2D eigenvalue weighted by atomic mass is 9.89. The van der Waals surface area contributed by atoms with Crippen LogP contribution in [0.3, 0.4) is 0 Å². The van der Waals surface area contributed by atoms with E-state index >= 15 is 0 Å². The number of aromatic nitrogens is 2. The van der Waals surface area contributed by atoms with E-state index in [1.165, 1.54) is 48.8 Å². The first-order chi connectivity index (χ1) is 18.1. The Balaban J connectivity index is 1.39. The molecule has 2 aromatic carbocycles. The number of nitrogens with one attached hydrogen (secondary N) is 1. The lowest BCUT2D eigenvalue weighted by molar-refractivity contribution is 0.0941. The molecule has 1 saturated carbocycles. The van der Waals surface area contributed by atoms with Gasteiger partial charge in [-0.25, -0.2) is 9.97 Å². The molecular formula is C31H37ClN4O. The fourth-order valence-electron chi connectivity index (χ4n) is 5.83. The molecule has 1 atom stereocenters. The second-order valence-electron chi connectivity index (χ2n) is 10.6. The van der Waals surface area contributed by atoms with Gasteiger partial charge in [-0.05, 0) is 80.2 Å². The molecule has 2 aliphatic rings. The summed E-state index contributed by atoms with van der Waals surface area (Å²) in [5.74, 6) is 1.24. The Labute approximate surface area is 225 Å². The highest BCUT2D eigenvalue weighted by molar-refractivity contribution is 6.30. The van der Waals surface area contributed by atoms with Gasteiger partial charge in [0.05, 0.1) is 17.3 Å². The summed E-state index contributed by atoms with van der Waals surface area (Å²) in [4.78, 5) is 25.4. The van der Waals surface area contributed by atoms with Gasteiger partial charge in [0.15, 0.2) is 0 Å². The molecule has 1 aliphatic heterocycles. The number of nitrogens with zero attached hydrogens (tertiary/aromatic N) is 3. The molecule has 0 unspecified atom stereocenters. The van der Waals surface area contributed by atoms with Crippen LogP contribution in [0.15, 0.2) is 54.7 Å². The molecule has 194 valence electrons. The monoisotopic (exact) mass is 516 g/mol. The third-order valence-electron chi connectivity index (χ3n) is 8.03. The van der Waals surface area contributed by atoms with Crippen LogP contribution in [0, 0.1) is 12.8 Å². The first-order valence-electron chi connectivity index (χ1n) is 13.8. The number of benzene rings is 2. The summed E-state index contributed by atoms with van der Waals surface area (Å²) >= 11 is 6.13. The van der Waals surface area contributed by atoms with Crippen LogP contribution in [0.25, 0.3) is 0 Å². The summed E-state index contributed by atoms with van der Waals surface area (Å²) in [6.45, 7) is 3.78. The summed E-state index contributed by atoms with van der Waals surface area (Å²) in [5, 5.41) is 3.94. The van der Waals surface area contributed by atoms with Gasteiger partial charge in [-0.1, -0.05) is 67.3 Å². The van der Waals surface area contributed by atoms with Gasteiger partial charge in [0.2, 0.25) is 5.95 Å². The average molecular weight is 517 g/mol. The highest BCUT2D eigenvalue weighted by Crippen LogP contribution is 2.35. The zero-order chi connectivity index (χ0) is 25.6. The Morgan fingerprint density at radius 2 is 1.78 bits per heavy atom. The minimum atomic E-state index is -0.0485. The fourth-order valence-corrected chi connectivity index (χ4v) is 5.96. The molecular weight excluding hydrogens is 480 g/mol. The molecule has 2 heterocycles. The van der Waals surface area contributed by atoms with Crippen molar-refractivity contribution in [3.8, 4) is 0 Å². The van der Waals surface area contributed by atoms with E-state index in [1.807, 2.05) is 12.1 Å². The molecule has 0 radical (unpaired) electrons.